The number of nitrogens with one attached hydrogen (secondary N) is 1. The van der Waals surface area contributed by atoms with Crippen LogP contribution in [0, 0.1) is 13.8 Å². The quantitative estimate of drug-likeness (QED) is 0.648. The first-order valence-electron chi connectivity index (χ1n) is 8.39. The van der Waals surface area contributed by atoms with Gasteiger partial charge in [-0.2, -0.15) is 0 Å². The zero-order valence-electron chi connectivity index (χ0n) is 15.3. The van der Waals surface area contributed by atoms with Gasteiger partial charge < -0.3 is 14.8 Å². The highest BCUT2D eigenvalue weighted by atomic mass is 19.3. The molecule has 2 aromatic heterocycles. The SMILES string of the molecule is CCOc1c(C)cnc(CC(O)c2nc3ccccc3[nH]2)c1C.O=C(F)F. The third-order valence-corrected chi connectivity index (χ3v) is 3.94. The molecule has 0 spiro atoms. The van der Waals surface area contributed by atoms with Gasteiger partial charge in [0.15, 0.2) is 0 Å². The predicted molar refractivity (Wildman–Crippen MR) is 97.2 cm³/mol. The number of rotatable bonds is 5. The highest BCUT2D eigenvalue weighted by Crippen LogP contribution is 2.27. The van der Waals surface area contributed by atoms with Crippen LogP contribution in [0.15, 0.2) is 30.5 Å². The van der Waals surface area contributed by atoms with Gasteiger partial charge in [-0.05, 0) is 32.9 Å². The molecule has 8 heteroatoms. The number of nitrogens with zero attached hydrogens (tertiary/aromatic N) is 2. The van der Waals surface area contributed by atoms with Crippen LogP contribution in [0.5, 0.6) is 5.75 Å². The summed E-state index contributed by atoms with van der Waals surface area (Å²) in [5.74, 6) is 1.42. The molecule has 2 heterocycles. The summed E-state index contributed by atoms with van der Waals surface area (Å²) in [7, 11) is 0. The summed E-state index contributed by atoms with van der Waals surface area (Å²) >= 11 is 0. The van der Waals surface area contributed by atoms with Gasteiger partial charge in [-0.25, -0.2) is 9.78 Å². The monoisotopic (exact) mass is 377 g/mol. The maximum absolute atomic E-state index is 10.5. The molecule has 0 radical (unpaired) electrons. The zero-order chi connectivity index (χ0) is 20.0. The van der Waals surface area contributed by atoms with Crippen LogP contribution in [-0.2, 0) is 6.42 Å². The highest BCUT2D eigenvalue weighted by molar-refractivity contribution is 5.74. The largest absolute Gasteiger partial charge is 0.493 e. The van der Waals surface area contributed by atoms with E-state index in [4.69, 9.17) is 9.53 Å². The molecule has 0 saturated heterocycles. The number of pyridine rings is 1. The first kappa shape index (κ1) is 20.4. The molecule has 27 heavy (non-hydrogen) atoms. The number of hydrogen-bond donors (Lipinski definition) is 2. The molecule has 0 aliphatic heterocycles. The van der Waals surface area contributed by atoms with Crippen molar-refractivity contribution in [1.29, 1.82) is 0 Å². The van der Waals surface area contributed by atoms with E-state index in [-0.39, 0.29) is 0 Å². The molecule has 3 rings (SSSR count). The molecular weight excluding hydrogens is 356 g/mol. The Morgan fingerprint density at radius 2 is 1.96 bits per heavy atom. The van der Waals surface area contributed by atoms with Crippen molar-refractivity contribution in [2.75, 3.05) is 6.61 Å². The molecule has 0 saturated carbocycles. The van der Waals surface area contributed by atoms with E-state index in [1.165, 1.54) is 0 Å². The third kappa shape index (κ3) is 5.30. The van der Waals surface area contributed by atoms with Crippen LogP contribution >= 0.6 is 0 Å². The lowest BCUT2D eigenvalue weighted by Crippen LogP contribution is -2.09. The van der Waals surface area contributed by atoms with E-state index in [0.717, 1.165) is 33.6 Å². The molecule has 0 bridgehead atoms. The Hall–Kier alpha value is -2.87. The number of halogens is 2. The first-order valence-corrected chi connectivity index (χ1v) is 8.39. The predicted octanol–water partition coefficient (Wildman–Crippen LogP) is 4.29. The summed E-state index contributed by atoms with van der Waals surface area (Å²) in [6, 6.07) is 7.74. The number of aromatic nitrogens is 3. The molecule has 0 aliphatic rings. The Bertz CT molecular complexity index is 891. The number of aliphatic hydroxyl groups is 1. The fraction of sp³-hybridized carbons (Fsp3) is 0.316. The molecule has 1 unspecified atom stereocenters. The highest BCUT2D eigenvalue weighted by Gasteiger charge is 2.17. The number of aromatic amines is 1. The average molecular weight is 377 g/mol. The normalized spacial score (nSPS) is 11.6. The van der Waals surface area contributed by atoms with Crippen LogP contribution in [0.4, 0.5) is 13.6 Å². The van der Waals surface area contributed by atoms with Crippen molar-refractivity contribution in [3.8, 4) is 5.75 Å². The van der Waals surface area contributed by atoms with Crippen LogP contribution in [0.2, 0.25) is 0 Å². The van der Waals surface area contributed by atoms with Crippen LogP contribution < -0.4 is 4.74 Å². The Labute approximate surface area is 155 Å². The van der Waals surface area contributed by atoms with E-state index in [1.807, 2.05) is 45.0 Å². The van der Waals surface area contributed by atoms with Gasteiger partial charge in [0.1, 0.15) is 17.7 Å². The number of ether oxygens (including phenoxy) is 1. The van der Waals surface area contributed by atoms with E-state index >= 15 is 0 Å². The van der Waals surface area contributed by atoms with Crippen molar-refractivity contribution in [1.82, 2.24) is 15.0 Å². The number of aliphatic hydroxyl groups excluding tert-OH is 1. The second-order valence-corrected chi connectivity index (χ2v) is 5.86. The van der Waals surface area contributed by atoms with E-state index in [9.17, 15) is 13.9 Å². The minimum Gasteiger partial charge on any atom is -0.493 e. The van der Waals surface area contributed by atoms with Crippen LogP contribution in [-0.4, -0.2) is 33.0 Å². The maximum Gasteiger partial charge on any atom is 0.483 e. The Morgan fingerprint density at radius 1 is 1.30 bits per heavy atom. The summed E-state index contributed by atoms with van der Waals surface area (Å²) in [5, 5.41) is 10.5. The number of aryl methyl sites for hydroxylation is 1. The lowest BCUT2D eigenvalue weighted by molar-refractivity contribution is 0.168. The number of benzene rings is 1. The van der Waals surface area contributed by atoms with Crippen molar-refractivity contribution < 1.29 is 23.4 Å². The average Bonchev–Trinajstić information content (AvgIpc) is 3.05. The number of fused-ring (bicyclic) bond motifs is 1. The molecule has 0 aliphatic carbocycles. The maximum atomic E-state index is 10.5. The summed E-state index contributed by atoms with van der Waals surface area (Å²) < 4.78 is 25.1. The van der Waals surface area contributed by atoms with Gasteiger partial charge in [0.2, 0.25) is 0 Å². The number of H-pyrrole nitrogens is 1. The van der Waals surface area contributed by atoms with Gasteiger partial charge in [0.05, 0.1) is 17.6 Å². The second kappa shape index (κ2) is 9.18. The van der Waals surface area contributed by atoms with Crippen molar-refractivity contribution in [2.45, 2.75) is 33.3 Å². The van der Waals surface area contributed by atoms with Crippen molar-refractivity contribution in [2.24, 2.45) is 0 Å². The third-order valence-electron chi connectivity index (χ3n) is 3.94. The Kier molecular flexibility index (Phi) is 6.95. The number of imidazole rings is 1. The molecular formula is C19H21F2N3O3. The van der Waals surface area contributed by atoms with E-state index in [1.54, 1.807) is 6.20 Å². The van der Waals surface area contributed by atoms with Gasteiger partial charge in [-0.15, -0.1) is 8.78 Å². The van der Waals surface area contributed by atoms with E-state index in [0.29, 0.717) is 18.9 Å². The van der Waals surface area contributed by atoms with Crippen LogP contribution in [0.3, 0.4) is 0 Å². The van der Waals surface area contributed by atoms with Gasteiger partial charge >= 0.3 is 6.29 Å². The molecule has 1 atom stereocenters. The number of carbonyl (C=O) groups is 1. The number of hydrogen-bond acceptors (Lipinski definition) is 5. The molecule has 6 nitrogen and oxygen atoms in total. The standard InChI is InChI=1S/C18H21N3O2.CF2O/c1-4-23-17-11(2)10-19-15(12(17)3)9-16(22)18-20-13-7-5-6-8-14(13)21-18;2-1(3)4/h5-8,10,16,22H,4,9H2,1-3H3,(H,20,21);. The van der Waals surface area contributed by atoms with E-state index in [2.05, 4.69) is 15.0 Å². The van der Waals surface area contributed by atoms with Gasteiger partial charge in [0.25, 0.3) is 0 Å². The molecule has 0 fully saturated rings. The van der Waals surface area contributed by atoms with Crippen molar-refractivity contribution in [3.63, 3.8) is 0 Å². The van der Waals surface area contributed by atoms with Crippen molar-refractivity contribution >= 4 is 17.3 Å². The lowest BCUT2D eigenvalue weighted by atomic mass is 10.1. The number of carbonyl (C=O) groups excluding carboxylic acids is 1. The van der Waals surface area contributed by atoms with Gasteiger partial charge in [-0.1, -0.05) is 12.1 Å². The zero-order valence-corrected chi connectivity index (χ0v) is 15.3. The van der Waals surface area contributed by atoms with E-state index < -0.39 is 12.4 Å². The fourth-order valence-electron chi connectivity index (χ4n) is 2.74. The molecule has 0 amide bonds. The lowest BCUT2D eigenvalue weighted by Gasteiger charge is -2.15. The van der Waals surface area contributed by atoms with Gasteiger partial charge in [0, 0.05) is 29.4 Å². The molecule has 1 aromatic carbocycles. The second-order valence-electron chi connectivity index (χ2n) is 5.86. The Balaban J connectivity index is 0.000000596. The van der Waals surface area contributed by atoms with Crippen molar-refractivity contribution in [3.05, 3.63) is 53.1 Å². The summed E-state index contributed by atoms with van der Waals surface area (Å²) in [4.78, 5) is 20.2. The van der Waals surface area contributed by atoms with Crippen LogP contribution in [0.1, 0.15) is 35.7 Å². The first-order chi connectivity index (χ1) is 12.8. The number of para-hydroxylation sites is 2. The minimum absolute atomic E-state index is 0.395. The smallest absolute Gasteiger partial charge is 0.483 e. The molecule has 3 aromatic rings. The Morgan fingerprint density at radius 3 is 2.59 bits per heavy atom. The molecule has 144 valence electrons. The summed E-state index contributed by atoms with van der Waals surface area (Å²) in [6.07, 6.45) is -1.38. The minimum atomic E-state index is -2.83. The summed E-state index contributed by atoms with van der Waals surface area (Å²) in [5.41, 5.74) is 4.58. The van der Waals surface area contributed by atoms with Crippen LogP contribution in [0.25, 0.3) is 11.0 Å². The van der Waals surface area contributed by atoms with Gasteiger partial charge in [-0.3, -0.25) is 4.98 Å². The molecule has 2 N–H and O–H groups in total. The fourth-order valence-corrected chi connectivity index (χ4v) is 2.74. The topological polar surface area (TPSA) is 88.1 Å². The summed E-state index contributed by atoms with van der Waals surface area (Å²) in [6.45, 7) is 6.52.